The van der Waals surface area contributed by atoms with Crippen LogP contribution in [0.15, 0.2) is 29.4 Å². The predicted octanol–water partition coefficient (Wildman–Crippen LogP) is 2.69. The summed E-state index contributed by atoms with van der Waals surface area (Å²) in [6.07, 6.45) is 2.10. The van der Waals surface area contributed by atoms with Crippen LogP contribution < -0.4 is 5.32 Å². The normalized spacial score (nSPS) is 11.0. The third-order valence-corrected chi connectivity index (χ3v) is 4.30. The van der Waals surface area contributed by atoms with Gasteiger partial charge in [0, 0.05) is 20.2 Å². The van der Waals surface area contributed by atoms with Crippen molar-refractivity contribution >= 4 is 28.7 Å². The van der Waals surface area contributed by atoms with Crippen LogP contribution in [-0.2, 0) is 16.1 Å². The monoisotopic (exact) mass is 321 g/mol. The van der Waals surface area contributed by atoms with Crippen molar-refractivity contribution in [3.63, 3.8) is 0 Å². The Hall–Kier alpha value is -1.53. The van der Waals surface area contributed by atoms with Gasteiger partial charge in [0.05, 0.1) is 23.4 Å². The highest BCUT2D eigenvalue weighted by molar-refractivity contribution is 7.99. The summed E-state index contributed by atoms with van der Waals surface area (Å²) in [5, 5.41) is 3.79. The number of unbranched alkanes of at least 4 members (excludes halogenated alkanes) is 1. The molecule has 0 spiro atoms. The van der Waals surface area contributed by atoms with Gasteiger partial charge in [-0.1, -0.05) is 37.2 Å². The van der Waals surface area contributed by atoms with Gasteiger partial charge in [-0.3, -0.25) is 4.79 Å². The van der Waals surface area contributed by atoms with Crippen LogP contribution in [0.2, 0.25) is 0 Å². The number of imidazole rings is 1. The number of thioether (sulfide) groups is 1. The van der Waals surface area contributed by atoms with Gasteiger partial charge in [0.2, 0.25) is 5.91 Å². The number of hydrogen-bond acceptors (Lipinski definition) is 4. The van der Waals surface area contributed by atoms with Crippen molar-refractivity contribution in [2.45, 2.75) is 31.5 Å². The molecule has 0 bridgehead atoms. The minimum Gasteiger partial charge on any atom is -0.383 e. The number of carbonyl (C=O) groups is 1. The molecule has 6 heteroatoms. The minimum atomic E-state index is 0.0591. The van der Waals surface area contributed by atoms with Crippen molar-refractivity contribution in [3.05, 3.63) is 24.3 Å². The van der Waals surface area contributed by atoms with Crippen molar-refractivity contribution in [2.24, 2.45) is 0 Å². The molecule has 1 aromatic heterocycles. The number of ether oxygens (including phenoxy) is 1. The minimum absolute atomic E-state index is 0.0591. The van der Waals surface area contributed by atoms with Gasteiger partial charge in [-0.25, -0.2) is 4.98 Å². The third kappa shape index (κ3) is 4.48. The van der Waals surface area contributed by atoms with E-state index in [4.69, 9.17) is 4.74 Å². The van der Waals surface area contributed by atoms with Crippen LogP contribution in [0.4, 0.5) is 0 Å². The molecule has 2 rings (SSSR count). The van der Waals surface area contributed by atoms with Crippen LogP contribution in [0.5, 0.6) is 0 Å². The summed E-state index contributed by atoms with van der Waals surface area (Å²) in [6.45, 7) is 4.21. The molecule has 0 unspecified atom stereocenters. The van der Waals surface area contributed by atoms with E-state index in [0.717, 1.165) is 42.1 Å². The van der Waals surface area contributed by atoms with Gasteiger partial charge in [0.1, 0.15) is 0 Å². The zero-order valence-corrected chi connectivity index (χ0v) is 14.0. The number of methoxy groups -OCH3 is 1. The first kappa shape index (κ1) is 16.8. The molecule has 1 N–H and O–H groups in total. The van der Waals surface area contributed by atoms with Crippen molar-refractivity contribution in [1.82, 2.24) is 14.9 Å². The first-order valence-corrected chi connectivity index (χ1v) is 8.58. The zero-order chi connectivity index (χ0) is 15.8. The summed E-state index contributed by atoms with van der Waals surface area (Å²) in [5.74, 6) is 0.448. The fourth-order valence-corrected chi connectivity index (χ4v) is 3.02. The van der Waals surface area contributed by atoms with Crippen LogP contribution >= 0.6 is 11.8 Å². The van der Waals surface area contributed by atoms with E-state index in [1.807, 2.05) is 24.3 Å². The van der Waals surface area contributed by atoms with Crippen molar-refractivity contribution in [3.8, 4) is 0 Å². The Morgan fingerprint density at radius 1 is 1.41 bits per heavy atom. The summed E-state index contributed by atoms with van der Waals surface area (Å²) >= 11 is 1.47. The lowest BCUT2D eigenvalue weighted by Crippen LogP contribution is -2.26. The Bertz CT molecular complexity index is 612. The quantitative estimate of drug-likeness (QED) is 0.570. The van der Waals surface area contributed by atoms with Crippen LogP contribution in [0, 0.1) is 0 Å². The molecule has 0 saturated heterocycles. The highest BCUT2D eigenvalue weighted by atomic mass is 32.2. The maximum absolute atomic E-state index is 11.8. The Morgan fingerprint density at radius 3 is 3.00 bits per heavy atom. The van der Waals surface area contributed by atoms with Gasteiger partial charge in [-0.05, 0) is 18.6 Å². The van der Waals surface area contributed by atoms with E-state index in [-0.39, 0.29) is 5.91 Å². The maximum Gasteiger partial charge on any atom is 0.230 e. The van der Waals surface area contributed by atoms with E-state index in [1.165, 1.54) is 11.8 Å². The average Bonchev–Trinajstić information content (AvgIpc) is 2.89. The Labute approximate surface area is 135 Å². The van der Waals surface area contributed by atoms with E-state index in [2.05, 4.69) is 21.8 Å². The number of nitrogens with one attached hydrogen (secondary N) is 1. The molecule has 22 heavy (non-hydrogen) atoms. The predicted molar refractivity (Wildman–Crippen MR) is 90.3 cm³/mol. The SMILES string of the molecule is CCCCNC(=O)CSc1nc2ccccc2n1CCOC. The maximum atomic E-state index is 11.8. The summed E-state index contributed by atoms with van der Waals surface area (Å²) in [7, 11) is 1.69. The molecule has 1 aromatic carbocycles. The van der Waals surface area contributed by atoms with Crippen molar-refractivity contribution < 1.29 is 9.53 Å². The second kappa shape index (κ2) is 8.80. The second-order valence-electron chi connectivity index (χ2n) is 5.02. The lowest BCUT2D eigenvalue weighted by atomic mass is 10.3. The van der Waals surface area contributed by atoms with E-state index >= 15 is 0 Å². The highest BCUT2D eigenvalue weighted by Crippen LogP contribution is 2.23. The first-order chi connectivity index (χ1) is 10.8. The number of amides is 1. The smallest absolute Gasteiger partial charge is 0.230 e. The van der Waals surface area contributed by atoms with E-state index in [0.29, 0.717) is 12.4 Å². The van der Waals surface area contributed by atoms with E-state index in [9.17, 15) is 4.79 Å². The van der Waals surface area contributed by atoms with Gasteiger partial charge in [0.15, 0.2) is 5.16 Å². The lowest BCUT2D eigenvalue weighted by molar-refractivity contribution is -0.118. The average molecular weight is 321 g/mol. The molecule has 0 fully saturated rings. The third-order valence-electron chi connectivity index (χ3n) is 3.32. The molecular formula is C16H23N3O2S. The Balaban J connectivity index is 2.04. The number of aromatic nitrogens is 2. The number of para-hydroxylation sites is 2. The summed E-state index contributed by atoms with van der Waals surface area (Å²) in [6, 6.07) is 8.01. The molecule has 2 aromatic rings. The summed E-state index contributed by atoms with van der Waals surface area (Å²) in [5.41, 5.74) is 2.03. The molecule has 120 valence electrons. The number of rotatable bonds is 9. The van der Waals surface area contributed by atoms with Crippen molar-refractivity contribution in [1.29, 1.82) is 0 Å². The highest BCUT2D eigenvalue weighted by Gasteiger charge is 2.12. The standard InChI is InChI=1S/C16H23N3O2S/c1-3-4-9-17-15(20)12-22-16-18-13-7-5-6-8-14(13)19(16)10-11-21-2/h5-8H,3-4,9-12H2,1-2H3,(H,17,20). The van der Waals surface area contributed by atoms with Gasteiger partial charge in [0.25, 0.3) is 0 Å². The largest absolute Gasteiger partial charge is 0.383 e. The van der Waals surface area contributed by atoms with Gasteiger partial charge >= 0.3 is 0 Å². The number of fused-ring (bicyclic) bond motifs is 1. The number of benzene rings is 1. The van der Waals surface area contributed by atoms with Crippen LogP contribution in [-0.4, -0.2) is 41.5 Å². The second-order valence-corrected chi connectivity index (χ2v) is 5.96. The molecule has 0 radical (unpaired) electrons. The van der Waals surface area contributed by atoms with Gasteiger partial charge in [-0.2, -0.15) is 0 Å². The fraction of sp³-hybridized carbons (Fsp3) is 0.500. The number of hydrogen-bond donors (Lipinski definition) is 1. The van der Waals surface area contributed by atoms with Gasteiger partial charge < -0.3 is 14.6 Å². The lowest BCUT2D eigenvalue weighted by Gasteiger charge is -2.08. The van der Waals surface area contributed by atoms with E-state index in [1.54, 1.807) is 7.11 Å². The van der Waals surface area contributed by atoms with Crippen LogP contribution in [0.25, 0.3) is 11.0 Å². The van der Waals surface area contributed by atoms with Gasteiger partial charge in [-0.15, -0.1) is 0 Å². The molecule has 1 heterocycles. The summed E-state index contributed by atoms with van der Waals surface area (Å²) in [4.78, 5) is 16.5. The molecule has 0 saturated carbocycles. The molecule has 0 aliphatic rings. The Morgan fingerprint density at radius 2 is 2.23 bits per heavy atom. The molecule has 0 aliphatic carbocycles. The molecule has 0 atom stereocenters. The topological polar surface area (TPSA) is 56.2 Å². The molecular weight excluding hydrogens is 298 g/mol. The van der Waals surface area contributed by atoms with Crippen LogP contribution in [0.1, 0.15) is 19.8 Å². The number of nitrogens with zero attached hydrogens (tertiary/aromatic N) is 2. The van der Waals surface area contributed by atoms with Crippen molar-refractivity contribution in [2.75, 3.05) is 26.0 Å². The molecule has 5 nitrogen and oxygen atoms in total. The Kier molecular flexibility index (Phi) is 6.74. The number of carbonyl (C=O) groups excluding carboxylic acids is 1. The first-order valence-electron chi connectivity index (χ1n) is 7.60. The molecule has 1 amide bonds. The zero-order valence-electron chi connectivity index (χ0n) is 13.2. The van der Waals surface area contributed by atoms with Crippen LogP contribution in [0.3, 0.4) is 0 Å². The fourth-order valence-electron chi connectivity index (χ4n) is 2.15. The summed E-state index contributed by atoms with van der Waals surface area (Å²) < 4.78 is 7.29. The van der Waals surface area contributed by atoms with E-state index < -0.39 is 0 Å². The molecule has 0 aliphatic heterocycles.